The fourth-order valence-corrected chi connectivity index (χ4v) is 2.77. The Labute approximate surface area is 120 Å². The zero-order valence-electron chi connectivity index (χ0n) is 12.5. The quantitative estimate of drug-likeness (QED) is 0.678. The monoisotopic (exact) mass is 277 g/mol. The van der Waals surface area contributed by atoms with Crippen molar-refractivity contribution in [1.82, 2.24) is 4.90 Å². The summed E-state index contributed by atoms with van der Waals surface area (Å²) in [5.74, 6) is 0. The Morgan fingerprint density at radius 1 is 1.30 bits per heavy atom. The molecule has 5 nitrogen and oxygen atoms in total. The Morgan fingerprint density at radius 2 is 1.95 bits per heavy atom. The minimum atomic E-state index is -0.314. The van der Waals surface area contributed by atoms with Crippen LogP contribution in [0.15, 0.2) is 12.1 Å². The second kappa shape index (κ2) is 6.22. The van der Waals surface area contributed by atoms with Gasteiger partial charge in [0.05, 0.1) is 4.92 Å². The third-order valence-corrected chi connectivity index (χ3v) is 4.13. The van der Waals surface area contributed by atoms with Crippen molar-refractivity contribution < 1.29 is 4.92 Å². The topological polar surface area (TPSA) is 58.4 Å². The second-order valence-corrected chi connectivity index (χ2v) is 5.56. The molecule has 1 aromatic carbocycles. The van der Waals surface area contributed by atoms with Crippen molar-refractivity contribution in [3.63, 3.8) is 0 Å². The van der Waals surface area contributed by atoms with Crippen LogP contribution in [-0.4, -0.2) is 35.5 Å². The number of piperidine rings is 1. The highest BCUT2D eigenvalue weighted by Gasteiger charge is 2.19. The zero-order chi connectivity index (χ0) is 14.7. The molecule has 1 heterocycles. The molecule has 0 unspecified atom stereocenters. The van der Waals surface area contributed by atoms with Gasteiger partial charge in [-0.25, -0.2) is 0 Å². The van der Waals surface area contributed by atoms with Gasteiger partial charge in [-0.05, 0) is 44.9 Å². The van der Waals surface area contributed by atoms with Crippen LogP contribution in [0.5, 0.6) is 0 Å². The largest absolute Gasteiger partial charge is 0.382 e. The van der Waals surface area contributed by atoms with Crippen LogP contribution in [0.4, 0.5) is 11.4 Å². The molecule has 20 heavy (non-hydrogen) atoms. The van der Waals surface area contributed by atoms with Gasteiger partial charge < -0.3 is 10.2 Å². The Balaban J connectivity index is 2.07. The van der Waals surface area contributed by atoms with Crippen molar-refractivity contribution in [3.05, 3.63) is 33.4 Å². The van der Waals surface area contributed by atoms with Crippen LogP contribution in [0.3, 0.4) is 0 Å². The third kappa shape index (κ3) is 3.28. The molecule has 0 aliphatic carbocycles. The molecule has 1 aromatic rings. The molecule has 1 fully saturated rings. The summed E-state index contributed by atoms with van der Waals surface area (Å²) >= 11 is 0. The van der Waals surface area contributed by atoms with Crippen molar-refractivity contribution in [2.45, 2.75) is 39.7 Å². The number of hydrogen-bond donors (Lipinski definition) is 1. The van der Waals surface area contributed by atoms with Crippen LogP contribution in [0.2, 0.25) is 0 Å². The van der Waals surface area contributed by atoms with Gasteiger partial charge in [0.2, 0.25) is 0 Å². The lowest BCUT2D eigenvalue weighted by Crippen LogP contribution is -2.38. The van der Waals surface area contributed by atoms with Crippen LogP contribution in [0.1, 0.15) is 30.9 Å². The van der Waals surface area contributed by atoms with E-state index in [0.717, 1.165) is 43.7 Å². The lowest BCUT2D eigenvalue weighted by atomic mass is 10.0. The van der Waals surface area contributed by atoms with E-state index in [9.17, 15) is 10.1 Å². The molecule has 2 rings (SSSR count). The van der Waals surface area contributed by atoms with Crippen molar-refractivity contribution in [1.29, 1.82) is 0 Å². The first-order chi connectivity index (χ1) is 9.51. The van der Waals surface area contributed by atoms with Crippen LogP contribution in [0, 0.1) is 24.0 Å². The molecule has 0 saturated carbocycles. The summed E-state index contributed by atoms with van der Waals surface area (Å²) in [4.78, 5) is 13.1. The van der Waals surface area contributed by atoms with E-state index in [1.807, 2.05) is 13.0 Å². The van der Waals surface area contributed by atoms with Crippen molar-refractivity contribution in [2.75, 3.05) is 25.0 Å². The van der Waals surface area contributed by atoms with E-state index < -0.39 is 0 Å². The Kier molecular flexibility index (Phi) is 4.60. The van der Waals surface area contributed by atoms with Gasteiger partial charge >= 0.3 is 0 Å². The van der Waals surface area contributed by atoms with E-state index in [2.05, 4.69) is 17.1 Å². The molecule has 0 atom stereocenters. The summed E-state index contributed by atoms with van der Waals surface area (Å²) in [5.41, 5.74) is 2.89. The van der Waals surface area contributed by atoms with E-state index in [1.165, 1.54) is 0 Å². The van der Waals surface area contributed by atoms with Crippen LogP contribution in [0.25, 0.3) is 0 Å². The van der Waals surface area contributed by atoms with Gasteiger partial charge in [0.25, 0.3) is 5.69 Å². The lowest BCUT2D eigenvalue weighted by molar-refractivity contribution is -0.385. The first-order valence-electron chi connectivity index (χ1n) is 7.25. The molecule has 1 N–H and O–H groups in total. The highest BCUT2D eigenvalue weighted by molar-refractivity contribution is 5.59. The number of benzene rings is 1. The van der Waals surface area contributed by atoms with Crippen molar-refractivity contribution in [3.8, 4) is 0 Å². The van der Waals surface area contributed by atoms with E-state index in [-0.39, 0.29) is 10.6 Å². The molecule has 1 saturated heterocycles. The Hall–Kier alpha value is -1.62. The zero-order valence-corrected chi connectivity index (χ0v) is 12.5. The minimum absolute atomic E-state index is 0.203. The van der Waals surface area contributed by atoms with Gasteiger partial charge in [0.15, 0.2) is 0 Å². The van der Waals surface area contributed by atoms with Gasteiger partial charge in [0.1, 0.15) is 0 Å². The highest BCUT2D eigenvalue weighted by Crippen LogP contribution is 2.27. The van der Waals surface area contributed by atoms with Gasteiger partial charge in [-0.2, -0.15) is 0 Å². The number of nitrogens with one attached hydrogen (secondary N) is 1. The fourth-order valence-electron chi connectivity index (χ4n) is 2.77. The summed E-state index contributed by atoms with van der Waals surface area (Å²) in [6.45, 7) is 9.27. The molecule has 1 aliphatic rings. The van der Waals surface area contributed by atoms with Crippen molar-refractivity contribution >= 4 is 11.4 Å². The molecular formula is C15H23N3O2. The summed E-state index contributed by atoms with van der Waals surface area (Å²) in [7, 11) is 0. The number of rotatable bonds is 4. The predicted octanol–water partition coefficient (Wildman–Crippen LogP) is 3.11. The number of aryl methyl sites for hydroxylation is 2. The first kappa shape index (κ1) is 14.8. The standard InChI is InChI=1S/C15H23N3O2/c1-4-17-7-5-13(6-8-17)16-14-9-12(3)15(18(19)20)10-11(14)2/h9-10,13,16H,4-8H2,1-3H3. The van der Waals surface area contributed by atoms with Crippen LogP contribution < -0.4 is 5.32 Å². The minimum Gasteiger partial charge on any atom is -0.382 e. The van der Waals surface area contributed by atoms with Gasteiger partial charge in [-0.3, -0.25) is 10.1 Å². The third-order valence-electron chi connectivity index (χ3n) is 4.13. The average Bonchev–Trinajstić information content (AvgIpc) is 2.43. The molecule has 0 bridgehead atoms. The van der Waals surface area contributed by atoms with Crippen LogP contribution in [-0.2, 0) is 0 Å². The number of nitro benzene ring substituents is 1. The maximum absolute atomic E-state index is 10.9. The summed E-state index contributed by atoms with van der Waals surface area (Å²) in [6, 6.07) is 4.04. The van der Waals surface area contributed by atoms with E-state index in [0.29, 0.717) is 11.6 Å². The lowest BCUT2D eigenvalue weighted by Gasteiger charge is -2.32. The summed E-state index contributed by atoms with van der Waals surface area (Å²) in [6.07, 6.45) is 2.26. The maximum atomic E-state index is 10.9. The molecule has 0 aromatic heterocycles. The molecular weight excluding hydrogens is 254 g/mol. The predicted molar refractivity (Wildman–Crippen MR) is 81.3 cm³/mol. The highest BCUT2D eigenvalue weighted by atomic mass is 16.6. The normalized spacial score (nSPS) is 17.1. The second-order valence-electron chi connectivity index (χ2n) is 5.56. The van der Waals surface area contributed by atoms with Crippen LogP contribution >= 0.6 is 0 Å². The molecule has 0 amide bonds. The first-order valence-corrected chi connectivity index (χ1v) is 7.25. The molecule has 1 aliphatic heterocycles. The summed E-state index contributed by atoms with van der Waals surface area (Å²) < 4.78 is 0. The number of nitrogens with zero attached hydrogens (tertiary/aromatic N) is 2. The number of nitro groups is 1. The summed E-state index contributed by atoms with van der Waals surface area (Å²) in [5, 5.41) is 14.5. The molecule has 0 spiro atoms. The number of likely N-dealkylation sites (tertiary alicyclic amines) is 1. The maximum Gasteiger partial charge on any atom is 0.272 e. The fraction of sp³-hybridized carbons (Fsp3) is 0.600. The molecule has 0 radical (unpaired) electrons. The molecule has 5 heteroatoms. The average molecular weight is 277 g/mol. The number of hydrogen-bond acceptors (Lipinski definition) is 4. The SMILES string of the molecule is CCN1CCC(Nc2cc(C)c([N+](=O)[O-])cc2C)CC1. The number of anilines is 1. The van der Waals surface area contributed by atoms with E-state index in [1.54, 1.807) is 13.0 Å². The smallest absolute Gasteiger partial charge is 0.272 e. The molecule has 110 valence electrons. The van der Waals surface area contributed by atoms with E-state index >= 15 is 0 Å². The Morgan fingerprint density at radius 3 is 2.50 bits per heavy atom. The van der Waals surface area contributed by atoms with Crippen molar-refractivity contribution in [2.24, 2.45) is 0 Å². The van der Waals surface area contributed by atoms with Gasteiger partial charge in [-0.1, -0.05) is 6.92 Å². The Bertz CT molecular complexity index is 494. The van der Waals surface area contributed by atoms with Gasteiger partial charge in [-0.15, -0.1) is 0 Å². The van der Waals surface area contributed by atoms with E-state index in [4.69, 9.17) is 0 Å². The van der Waals surface area contributed by atoms with Gasteiger partial charge in [0, 0.05) is 36.4 Å².